The van der Waals surface area contributed by atoms with Crippen LogP contribution in [0.25, 0.3) is 11.4 Å². The van der Waals surface area contributed by atoms with Gasteiger partial charge in [0.1, 0.15) is 0 Å². The van der Waals surface area contributed by atoms with Gasteiger partial charge < -0.3 is 5.73 Å². The summed E-state index contributed by atoms with van der Waals surface area (Å²) in [4.78, 5) is 4.14. The number of hydrogen-bond acceptors (Lipinski definition) is 3. The highest BCUT2D eigenvalue weighted by molar-refractivity contribution is 14.1. The molecule has 0 saturated heterocycles. The van der Waals surface area contributed by atoms with E-state index in [9.17, 15) is 0 Å². The van der Waals surface area contributed by atoms with Gasteiger partial charge in [-0.3, -0.25) is 0 Å². The fraction of sp³-hybridized carbons (Fsp3) is 0.111. The van der Waals surface area contributed by atoms with E-state index in [1.54, 1.807) is 11.7 Å². The zero-order valence-electron chi connectivity index (χ0n) is 7.61. The number of rotatable bonds is 1. The van der Waals surface area contributed by atoms with Crippen LogP contribution < -0.4 is 5.73 Å². The van der Waals surface area contributed by atoms with Crippen molar-refractivity contribution in [2.24, 2.45) is 7.05 Å². The Labute approximate surface area is 95.3 Å². The number of halogens is 1. The first-order valence-corrected chi connectivity index (χ1v) is 5.17. The highest BCUT2D eigenvalue weighted by Crippen LogP contribution is 2.17. The molecule has 2 N–H and O–H groups in total. The molecule has 1 aromatic carbocycles. The van der Waals surface area contributed by atoms with Crippen molar-refractivity contribution in [3.8, 4) is 11.4 Å². The second-order valence-corrected chi connectivity index (χ2v) is 4.17. The lowest BCUT2D eigenvalue weighted by Gasteiger charge is -1.94. The molecule has 1 heterocycles. The van der Waals surface area contributed by atoms with Gasteiger partial charge in [0, 0.05) is 16.2 Å². The average molecular weight is 300 g/mol. The highest BCUT2D eigenvalue weighted by Gasteiger charge is 2.05. The molecule has 72 valence electrons. The molecule has 0 amide bonds. The summed E-state index contributed by atoms with van der Waals surface area (Å²) in [6.45, 7) is 0. The van der Waals surface area contributed by atoms with Gasteiger partial charge in [0.15, 0.2) is 5.82 Å². The largest absolute Gasteiger partial charge is 0.368 e. The Morgan fingerprint density at radius 3 is 2.43 bits per heavy atom. The molecule has 0 fully saturated rings. The molecule has 0 unspecified atom stereocenters. The predicted molar refractivity (Wildman–Crippen MR) is 63.6 cm³/mol. The van der Waals surface area contributed by atoms with E-state index < -0.39 is 0 Å². The first-order chi connectivity index (χ1) is 6.66. The zero-order valence-corrected chi connectivity index (χ0v) is 9.76. The summed E-state index contributed by atoms with van der Waals surface area (Å²) in [7, 11) is 1.78. The van der Waals surface area contributed by atoms with E-state index in [1.807, 2.05) is 24.3 Å². The van der Waals surface area contributed by atoms with Crippen LogP contribution in [0.2, 0.25) is 0 Å². The normalized spacial score (nSPS) is 10.4. The summed E-state index contributed by atoms with van der Waals surface area (Å²) in [5.41, 5.74) is 6.58. The third kappa shape index (κ3) is 1.72. The summed E-state index contributed by atoms with van der Waals surface area (Å²) >= 11 is 2.26. The lowest BCUT2D eigenvalue weighted by molar-refractivity contribution is 0.781. The standard InChI is InChI=1S/C9H9IN4/c1-14-9(11)12-8(13-14)6-2-4-7(10)5-3-6/h2-5H,1H3,(H2,11,12,13). The van der Waals surface area contributed by atoms with Crippen molar-refractivity contribution in [2.45, 2.75) is 0 Å². The van der Waals surface area contributed by atoms with Crippen LogP contribution >= 0.6 is 22.6 Å². The van der Waals surface area contributed by atoms with Crippen molar-refractivity contribution in [1.29, 1.82) is 0 Å². The number of nitrogens with zero attached hydrogens (tertiary/aromatic N) is 3. The van der Waals surface area contributed by atoms with Gasteiger partial charge in [-0.15, -0.1) is 5.10 Å². The Morgan fingerprint density at radius 2 is 1.93 bits per heavy atom. The lowest BCUT2D eigenvalue weighted by Crippen LogP contribution is -1.97. The number of hydrogen-bond donors (Lipinski definition) is 1. The van der Waals surface area contributed by atoms with E-state index in [2.05, 4.69) is 32.7 Å². The summed E-state index contributed by atoms with van der Waals surface area (Å²) in [5.74, 6) is 1.10. The molecular weight excluding hydrogens is 291 g/mol. The second kappa shape index (κ2) is 3.56. The van der Waals surface area contributed by atoms with E-state index in [4.69, 9.17) is 5.73 Å². The summed E-state index contributed by atoms with van der Waals surface area (Å²) in [5, 5.41) is 4.19. The van der Waals surface area contributed by atoms with Crippen molar-refractivity contribution in [2.75, 3.05) is 5.73 Å². The molecule has 0 bridgehead atoms. The maximum Gasteiger partial charge on any atom is 0.218 e. The number of anilines is 1. The van der Waals surface area contributed by atoms with E-state index in [0.717, 1.165) is 5.56 Å². The van der Waals surface area contributed by atoms with Crippen LogP contribution in [0.4, 0.5) is 5.95 Å². The van der Waals surface area contributed by atoms with Gasteiger partial charge in [0.25, 0.3) is 0 Å². The van der Waals surface area contributed by atoms with Crippen LogP contribution in [0.1, 0.15) is 0 Å². The van der Waals surface area contributed by atoms with E-state index in [-0.39, 0.29) is 0 Å². The Hall–Kier alpha value is -1.11. The maximum atomic E-state index is 5.60. The molecule has 0 aliphatic heterocycles. The molecule has 5 heteroatoms. The fourth-order valence-electron chi connectivity index (χ4n) is 1.12. The molecule has 14 heavy (non-hydrogen) atoms. The van der Waals surface area contributed by atoms with E-state index in [0.29, 0.717) is 11.8 Å². The number of nitrogens with two attached hydrogens (primary N) is 1. The monoisotopic (exact) mass is 300 g/mol. The van der Waals surface area contributed by atoms with Crippen LogP contribution in [0.15, 0.2) is 24.3 Å². The van der Waals surface area contributed by atoms with Crippen molar-refractivity contribution in [1.82, 2.24) is 14.8 Å². The predicted octanol–water partition coefficient (Wildman–Crippen LogP) is 1.67. The molecular formula is C9H9IN4. The van der Waals surface area contributed by atoms with Gasteiger partial charge in [-0.1, -0.05) is 12.1 Å². The number of aryl methyl sites for hydroxylation is 1. The smallest absolute Gasteiger partial charge is 0.218 e. The number of aromatic nitrogens is 3. The van der Waals surface area contributed by atoms with Gasteiger partial charge in [-0.05, 0) is 34.7 Å². The SMILES string of the molecule is Cn1nc(-c2ccc(I)cc2)nc1N. The van der Waals surface area contributed by atoms with Gasteiger partial charge in [-0.25, -0.2) is 4.68 Å². The minimum atomic E-state index is 0.429. The molecule has 0 aliphatic carbocycles. The van der Waals surface area contributed by atoms with Crippen LogP contribution in [-0.2, 0) is 7.05 Å². The zero-order chi connectivity index (χ0) is 10.1. The molecule has 4 nitrogen and oxygen atoms in total. The highest BCUT2D eigenvalue weighted by atomic mass is 127. The minimum Gasteiger partial charge on any atom is -0.368 e. The van der Waals surface area contributed by atoms with E-state index >= 15 is 0 Å². The summed E-state index contributed by atoms with van der Waals surface area (Å²) in [6.07, 6.45) is 0. The topological polar surface area (TPSA) is 56.7 Å². The third-order valence-corrected chi connectivity index (χ3v) is 2.62. The van der Waals surface area contributed by atoms with Crippen molar-refractivity contribution < 1.29 is 0 Å². The van der Waals surface area contributed by atoms with E-state index in [1.165, 1.54) is 3.57 Å². The Kier molecular flexibility index (Phi) is 2.40. The minimum absolute atomic E-state index is 0.429. The molecule has 0 saturated carbocycles. The molecule has 1 aromatic heterocycles. The van der Waals surface area contributed by atoms with Gasteiger partial charge in [0.05, 0.1) is 0 Å². The molecule has 0 spiro atoms. The molecule has 2 rings (SSSR count). The maximum absolute atomic E-state index is 5.60. The Bertz CT molecular complexity index is 427. The van der Waals surface area contributed by atoms with Gasteiger partial charge in [0.2, 0.25) is 5.95 Å². The van der Waals surface area contributed by atoms with Gasteiger partial charge in [-0.2, -0.15) is 4.98 Å². The quantitative estimate of drug-likeness (QED) is 0.815. The Morgan fingerprint density at radius 1 is 1.29 bits per heavy atom. The summed E-state index contributed by atoms with van der Waals surface area (Å²) in [6, 6.07) is 8.00. The molecule has 0 aliphatic rings. The van der Waals surface area contributed by atoms with Crippen molar-refractivity contribution in [3.63, 3.8) is 0 Å². The fourth-order valence-corrected chi connectivity index (χ4v) is 1.48. The molecule has 0 atom stereocenters. The van der Waals surface area contributed by atoms with Crippen molar-refractivity contribution >= 4 is 28.5 Å². The summed E-state index contributed by atoms with van der Waals surface area (Å²) < 4.78 is 2.75. The second-order valence-electron chi connectivity index (χ2n) is 2.92. The number of nitrogen functional groups attached to an aromatic ring is 1. The molecule has 2 aromatic rings. The van der Waals surface area contributed by atoms with Gasteiger partial charge >= 0.3 is 0 Å². The van der Waals surface area contributed by atoms with Crippen LogP contribution in [0.3, 0.4) is 0 Å². The van der Waals surface area contributed by atoms with Crippen LogP contribution in [-0.4, -0.2) is 14.8 Å². The first-order valence-electron chi connectivity index (χ1n) is 4.09. The third-order valence-electron chi connectivity index (χ3n) is 1.90. The van der Waals surface area contributed by atoms with Crippen LogP contribution in [0.5, 0.6) is 0 Å². The Balaban J connectivity index is 2.44. The average Bonchev–Trinajstić information content (AvgIpc) is 2.48. The lowest BCUT2D eigenvalue weighted by atomic mass is 10.2. The molecule has 0 radical (unpaired) electrons. The first kappa shape index (κ1) is 9.45. The van der Waals surface area contributed by atoms with Crippen LogP contribution in [0, 0.1) is 3.57 Å². The van der Waals surface area contributed by atoms with Crippen molar-refractivity contribution in [3.05, 3.63) is 27.8 Å². The number of benzene rings is 1.